The van der Waals surface area contributed by atoms with Gasteiger partial charge in [0.25, 0.3) is 0 Å². The molecule has 0 heterocycles. The van der Waals surface area contributed by atoms with Crippen molar-refractivity contribution < 1.29 is 9.53 Å². The van der Waals surface area contributed by atoms with E-state index in [1.807, 2.05) is 0 Å². The van der Waals surface area contributed by atoms with Gasteiger partial charge in [-0.2, -0.15) is 0 Å². The molecule has 3 heteroatoms. The van der Waals surface area contributed by atoms with Crippen LogP contribution in [0.2, 0.25) is 0 Å². The van der Waals surface area contributed by atoms with E-state index in [0.29, 0.717) is 11.8 Å². The van der Waals surface area contributed by atoms with Gasteiger partial charge in [0.2, 0.25) is 0 Å². The Bertz CT molecular complexity index is 225. The molecule has 2 saturated carbocycles. The molecule has 0 aliphatic heterocycles. The molecule has 0 aromatic heterocycles. The lowest BCUT2D eigenvalue weighted by molar-refractivity contribution is 0.0105. The molecule has 0 atom stereocenters. The van der Waals surface area contributed by atoms with Crippen molar-refractivity contribution in [2.24, 2.45) is 11.8 Å². The fourth-order valence-corrected chi connectivity index (χ4v) is 3.71. The first kappa shape index (κ1) is 13.2. The molecule has 17 heavy (non-hydrogen) atoms. The number of hydrogen-bond acceptors (Lipinski definition) is 2. The van der Waals surface area contributed by atoms with E-state index in [4.69, 9.17) is 16.3 Å². The standard InChI is InChI=1S/C14H23ClO2/c15-14(16)17-13(11-7-3-1-4-8-11)12-9-5-2-6-10-12/h11-13H,1-10H2. The van der Waals surface area contributed by atoms with E-state index in [1.165, 1.54) is 64.2 Å². The van der Waals surface area contributed by atoms with E-state index in [2.05, 4.69) is 0 Å². The molecule has 0 bridgehead atoms. The maximum atomic E-state index is 11.1. The summed E-state index contributed by atoms with van der Waals surface area (Å²) in [6.07, 6.45) is 12.8. The first-order chi connectivity index (χ1) is 8.27. The van der Waals surface area contributed by atoms with Crippen LogP contribution in [0.3, 0.4) is 0 Å². The molecule has 2 nitrogen and oxygen atoms in total. The predicted octanol–water partition coefficient (Wildman–Crippen LogP) is 4.89. The number of ether oxygens (including phenoxy) is 1. The second kappa shape index (κ2) is 6.63. The minimum atomic E-state index is -0.605. The molecule has 2 aliphatic carbocycles. The number of carbonyl (C=O) groups excluding carboxylic acids is 1. The number of carbonyl (C=O) groups is 1. The Hall–Kier alpha value is -0.240. The number of rotatable bonds is 3. The van der Waals surface area contributed by atoms with Crippen molar-refractivity contribution in [2.45, 2.75) is 70.3 Å². The lowest BCUT2D eigenvalue weighted by atomic mass is 9.75. The Morgan fingerprint density at radius 2 is 1.29 bits per heavy atom. The van der Waals surface area contributed by atoms with Gasteiger partial charge in [0.1, 0.15) is 6.10 Å². The van der Waals surface area contributed by atoms with Gasteiger partial charge in [0, 0.05) is 11.6 Å². The highest BCUT2D eigenvalue weighted by atomic mass is 35.5. The average Bonchev–Trinajstić information content (AvgIpc) is 2.38. The van der Waals surface area contributed by atoms with E-state index in [-0.39, 0.29) is 6.10 Å². The van der Waals surface area contributed by atoms with E-state index >= 15 is 0 Å². The molecule has 2 aliphatic rings. The van der Waals surface area contributed by atoms with E-state index < -0.39 is 5.43 Å². The highest BCUT2D eigenvalue weighted by molar-refractivity contribution is 6.61. The Labute approximate surface area is 109 Å². The van der Waals surface area contributed by atoms with Crippen LogP contribution < -0.4 is 0 Å². The molecular formula is C14H23ClO2. The van der Waals surface area contributed by atoms with Crippen LogP contribution in [0.15, 0.2) is 0 Å². The lowest BCUT2D eigenvalue weighted by Crippen LogP contribution is -2.35. The zero-order valence-electron chi connectivity index (χ0n) is 10.5. The molecule has 0 radical (unpaired) electrons. The van der Waals surface area contributed by atoms with Gasteiger partial charge < -0.3 is 4.74 Å². The summed E-state index contributed by atoms with van der Waals surface area (Å²) in [5.41, 5.74) is -0.605. The molecule has 2 rings (SSSR count). The van der Waals surface area contributed by atoms with Crippen LogP contribution in [0.5, 0.6) is 0 Å². The van der Waals surface area contributed by atoms with Crippen LogP contribution in [-0.4, -0.2) is 11.5 Å². The third-order valence-electron chi connectivity index (χ3n) is 4.46. The van der Waals surface area contributed by atoms with Crippen LogP contribution in [-0.2, 0) is 4.74 Å². The van der Waals surface area contributed by atoms with Crippen molar-refractivity contribution in [1.29, 1.82) is 0 Å². The van der Waals surface area contributed by atoms with Crippen LogP contribution in [0.25, 0.3) is 0 Å². The number of hydrogen-bond donors (Lipinski definition) is 0. The summed E-state index contributed by atoms with van der Waals surface area (Å²) in [6.45, 7) is 0. The quantitative estimate of drug-likeness (QED) is 0.674. The largest absolute Gasteiger partial charge is 0.450 e. The maximum absolute atomic E-state index is 11.1. The van der Waals surface area contributed by atoms with Gasteiger partial charge >= 0.3 is 5.43 Å². The van der Waals surface area contributed by atoms with Crippen molar-refractivity contribution in [3.63, 3.8) is 0 Å². The average molecular weight is 259 g/mol. The third-order valence-corrected chi connectivity index (χ3v) is 4.55. The van der Waals surface area contributed by atoms with Gasteiger partial charge in [-0.3, -0.25) is 0 Å². The first-order valence-electron chi connectivity index (χ1n) is 7.13. The minimum Gasteiger partial charge on any atom is -0.450 e. The van der Waals surface area contributed by atoms with Gasteiger partial charge in [-0.1, -0.05) is 38.5 Å². The van der Waals surface area contributed by atoms with Gasteiger partial charge in [-0.15, -0.1) is 0 Å². The first-order valence-corrected chi connectivity index (χ1v) is 7.51. The SMILES string of the molecule is O=C(Cl)OC(C1CCCCC1)C1CCCCC1. The molecule has 0 N–H and O–H groups in total. The molecule has 98 valence electrons. The predicted molar refractivity (Wildman–Crippen MR) is 69.3 cm³/mol. The second-order valence-electron chi connectivity index (χ2n) is 5.62. The van der Waals surface area contributed by atoms with Crippen LogP contribution in [0, 0.1) is 11.8 Å². The Morgan fingerprint density at radius 3 is 1.65 bits per heavy atom. The lowest BCUT2D eigenvalue weighted by Gasteiger charge is -2.36. The maximum Gasteiger partial charge on any atom is 0.404 e. The fraction of sp³-hybridized carbons (Fsp3) is 0.929. The van der Waals surface area contributed by atoms with Crippen LogP contribution in [0.4, 0.5) is 4.79 Å². The molecule has 0 aromatic rings. The van der Waals surface area contributed by atoms with Crippen molar-refractivity contribution in [3.8, 4) is 0 Å². The van der Waals surface area contributed by atoms with E-state index in [9.17, 15) is 4.79 Å². The summed E-state index contributed by atoms with van der Waals surface area (Å²) in [6, 6.07) is 0. The second-order valence-corrected chi connectivity index (χ2v) is 5.92. The summed E-state index contributed by atoms with van der Waals surface area (Å²) >= 11 is 5.45. The molecule has 0 aromatic carbocycles. The molecule has 0 saturated heterocycles. The smallest absolute Gasteiger partial charge is 0.404 e. The zero-order valence-corrected chi connectivity index (χ0v) is 11.3. The zero-order chi connectivity index (χ0) is 12.1. The molecule has 0 amide bonds. The normalized spacial score (nSPS) is 23.9. The summed E-state index contributed by atoms with van der Waals surface area (Å²) < 4.78 is 5.46. The summed E-state index contributed by atoms with van der Waals surface area (Å²) in [5, 5.41) is 0. The van der Waals surface area contributed by atoms with Gasteiger partial charge in [-0.05, 0) is 37.5 Å². The molecule has 0 spiro atoms. The Balaban J connectivity index is 1.97. The Morgan fingerprint density at radius 1 is 0.882 bits per heavy atom. The van der Waals surface area contributed by atoms with Crippen molar-refractivity contribution in [2.75, 3.05) is 0 Å². The van der Waals surface area contributed by atoms with Gasteiger partial charge in [0.05, 0.1) is 0 Å². The van der Waals surface area contributed by atoms with Gasteiger partial charge in [0.15, 0.2) is 0 Å². The van der Waals surface area contributed by atoms with Crippen molar-refractivity contribution in [3.05, 3.63) is 0 Å². The fourth-order valence-electron chi connectivity index (χ4n) is 3.61. The van der Waals surface area contributed by atoms with Crippen molar-refractivity contribution >= 4 is 17.0 Å². The molecule has 0 unspecified atom stereocenters. The Kier molecular flexibility index (Phi) is 5.15. The minimum absolute atomic E-state index is 0.0978. The monoisotopic (exact) mass is 258 g/mol. The summed E-state index contributed by atoms with van der Waals surface area (Å²) in [5.74, 6) is 1.13. The van der Waals surface area contributed by atoms with Gasteiger partial charge in [-0.25, -0.2) is 4.79 Å². The third kappa shape index (κ3) is 3.87. The summed E-state index contributed by atoms with van der Waals surface area (Å²) in [7, 11) is 0. The van der Waals surface area contributed by atoms with Crippen LogP contribution in [0.1, 0.15) is 64.2 Å². The highest BCUT2D eigenvalue weighted by Crippen LogP contribution is 2.37. The topological polar surface area (TPSA) is 26.3 Å². The molecular weight excluding hydrogens is 236 g/mol. The highest BCUT2D eigenvalue weighted by Gasteiger charge is 2.33. The molecule has 2 fully saturated rings. The van der Waals surface area contributed by atoms with E-state index in [0.717, 1.165) is 0 Å². The van der Waals surface area contributed by atoms with Crippen molar-refractivity contribution in [1.82, 2.24) is 0 Å². The van der Waals surface area contributed by atoms with E-state index in [1.54, 1.807) is 0 Å². The summed E-state index contributed by atoms with van der Waals surface area (Å²) in [4.78, 5) is 11.1. The van der Waals surface area contributed by atoms with Crippen LogP contribution >= 0.6 is 11.6 Å². The number of halogens is 1.